The lowest BCUT2D eigenvalue weighted by Crippen LogP contribution is -2.27. The van der Waals surface area contributed by atoms with Gasteiger partial charge in [0.25, 0.3) is 0 Å². The number of rotatable bonds is 7. The highest BCUT2D eigenvalue weighted by atomic mass is 32.2. The molecule has 0 aliphatic heterocycles. The van der Waals surface area contributed by atoms with Crippen LogP contribution in [0.1, 0.15) is 18.1 Å². The molecule has 0 atom stereocenters. The van der Waals surface area contributed by atoms with Crippen molar-refractivity contribution < 1.29 is 8.42 Å². The van der Waals surface area contributed by atoms with E-state index in [1.165, 1.54) is 0 Å². The zero-order chi connectivity index (χ0) is 15.3. The van der Waals surface area contributed by atoms with Crippen molar-refractivity contribution in [2.75, 3.05) is 6.54 Å². The van der Waals surface area contributed by atoms with Gasteiger partial charge in [-0.05, 0) is 29.7 Å². The monoisotopic (exact) mass is 309 g/mol. The lowest BCUT2D eigenvalue weighted by molar-refractivity contribution is 0.552. The summed E-state index contributed by atoms with van der Waals surface area (Å²) in [7, 11) is -3.54. The first-order valence-electron chi connectivity index (χ1n) is 6.72. The van der Waals surface area contributed by atoms with E-state index in [0.29, 0.717) is 13.1 Å². The van der Waals surface area contributed by atoms with Gasteiger partial charge in [0.05, 0.1) is 17.6 Å². The molecule has 1 aromatic carbocycles. The first-order chi connectivity index (χ1) is 10.1. The van der Waals surface area contributed by atoms with Crippen molar-refractivity contribution in [1.82, 2.24) is 19.7 Å². The van der Waals surface area contributed by atoms with E-state index in [0.717, 1.165) is 17.5 Å². The van der Waals surface area contributed by atoms with E-state index < -0.39 is 10.0 Å². The van der Waals surface area contributed by atoms with E-state index in [9.17, 15) is 8.42 Å². The summed E-state index contributed by atoms with van der Waals surface area (Å²) in [6, 6.07) is 5.06. The maximum absolute atomic E-state index is 12.2. The molecule has 1 aromatic heterocycles. The zero-order valence-electron chi connectivity index (χ0n) is 11.9. The van der Waals surface area contributed by atoms with Crippen LogP contribution in [-0.2, 0) is 29.5 Å². The first-order valence-corrected chi connectivity index (χ1v) is 8.20. The lowest BCUT2D eigenvalue weighted by atomic mass is 10.1. The number of aryl methyl sites for hydroxylation is 1. The molecule has 114 valence electrons. The Bertz CT molecular complexity index is 683. The number of aromatic nitrogens is 3. The predicted octanol–water partition coefficient (Wildman–Crippen LogP) is 0.278. The Morgan fingerprint density at radius 2 is 2.14 bits per heavy atom. The van der Waals surface area contributed by atoms with Crippen LogP contribution >= 0.6 is 0 Å². The van der Waals surface area contributed by atoms with Gasteiger partial charge in [-0.25, -0.2) is 13.1 Å². The average Bonchev–Trinajstić information content (AvgIpc) is 2.99. The molecule has 1 heterocycles. The van der Waals surface area contributed by atoms with Crippen molar-refractivity contribution >= 4 is 10.0 Å². The molecule has 3 N–H and O–H groups in total. The summed E-state index contributed by atoms with van der Waals surface area (Å²) in [6.45, 7) is 3.01. The third-order valence-corrected chi connectivity index (χ3v) is 4.65. The molecule has 2 rings (SSSR count). The molecule has 0 saturated carbocycles. The van der Waals surface area contributed by atoms with Gasteiger partial charge in [-0.15, -0.1) is 5.10 Å². The highest BCUT2D eigenvalue weighted by Gasteiger charge is 2.15. The molecule has 0 aliphatic carbocycles. The van der Waals surface area contributed by atoms with Crippen LogP contribution in [0.25, 0.3) is 0 Å². The van der Waals surface area contributed by atoms with Crippen LogP contribution in [-0.4, -0.2) is 30.0 Å². The third kappa shape index (κ3) is 3.87. The minimum absolute atomic E-state index is 0.235. The number of hydrogen-bond acceptors (Lipinski definition) is 5. The molecule has 0 spiro atoms. The molecule has 21 heavy (non-hydrogen) atoms. The van der Waals surface area contributed by atoms with E-state index in [2.05, 4.69) is 15.0 Å². The van der Waals surface area contributed by atoms with E-state index in [4.69, 9.17) is 5.73 Å². The van der Waals surface area contributed by atoms with Crippen molar-refractivity contribution in [3.63, 3.8) is 0 Å². The molecule has 8 heteroatoms. The molecule has 0 aliphatic rings. The Kier molecular flexibility index (Phi) is 5.05. The quantitative estimate of drug-likeness (QED) is 0.764. The van der Waals surface area contributed by atoms with Crippen molar-refractivity contribution in [3.05, 3.63) is 41.7 Å². The predicted molar refractivity (Wildman–Crippen MR) is 78.9 cm³/mol. The van der Waals surface area contributed by atoms with Gasteiger partial charge >= 0.3 is 0 Å². The molecule has 0 bridgehead atoms. The van der Waals surface area contributed by atoms with Crippen LogP contribution in [0.15, 0.2) is 35.5 Å². The van der Waals surface area contributed by atoms with E-state index in [1.807, 2.05) is 13.0 Å². The molecule has 0 unspecified atom stereocenters. The Labute approximate surface area is 124 Å². The van der Waals surface area contributed by atoms with E-state index in [-0.39, 0.29) is 11.4 Å². The largest absolute Gasteiger partial charge is 0.326 e. The highest BCUT2D eigenvalue weighted by molar-refractivity contribution is 7.89. The second-order valence-electron chi connectivity index (χ2n) is 4.55. The van der Waals surface area contributed by atoms with Crippen LogP contribution in [0.2, 0.25) is 0 Å². The summed E-state index contributed by atoms with van der Waals surface area (Å²) >= 11 is 0. The third-order valence-electron chi connectivity index (χ3n) is 3.19. The average molecular weight is 309 g/mol. The lowest BCUT2D eigenvalue weighted by Gasteiger charge is -2.10. The van der Waals surface area contributed by atoms with Gasteiger partial charge in [-0.3, -0.25) is 4.68 Å². The summed E-state index contributed by atoms with van der Waals surface area (Å²) in [4.78, 5) is 0.235. The maximum Gasteiger partial charge on any atom is 0.240 e. The number of sulfonamides is 1. The van der Waals surface area contributed by atoms with Crippen LogP contribution in [0.4, 0.5) is 0 Å². The number of hydrogen-bond donors (Lipinski definition) is 2. The molecular weight excluding hydrogens is 290 g/mol. The molecule has 0 fully saturated rings. The summed E-state index contributed by atoms with van der Waals surface area (Å²) in [5, 5.41) is 7.43. The van der Waals surface area contributed by atoms with Crippen molar-refractivity contribution in [2.45, 2.75) is 31.3 Å². The maximum atomic E-state index is 12.2. The van der Waals surface area contributed by atoms with Gasteiger partial charge in [0.15, 0.2) is 0 Å². The van der Waals surface area contributed by atoms with E-state index in [1.54, 1.807) is 29.2 Å². The van der Waals surface area contributed by atoms with Gasteiger partial charge in [-0.2, -0.15) is 0 Å². The minimum atomic E-state index is -3.54. The van der Waals surface area contributed by atoms with Crippen LogP contribution < -0.4 is 10.5 Å². The molecule has 0 saturated heterocycles. The van der Waals surface area contributed by atoms with Crippen LogP contribution in [0.5, 0.6) is 0 Å². The van der Waals surface area contributed by atoms with Gasteiger partial charge in [0, 0.05) is 19.3 Å². The van der Waals surface area contributed by atoms with Crippen LogP contribution in [0, 0.1) is 0 Å². The Morgan fingerprint density at radius 3 is 2.76 bits per heavy atom. The van der Waals surface area contributed by atoms with Gasteiger partial charge in [-0.1, -0.05) is 18.2 Å². The Balaban J connectivity index is 2.08. The molecule has 2 aromatic rings. The standard InChI is InChI=1S/C13H19N5O2S/c1-2-11-3-4-13(9-12(11)10-14)21(19,20)16-6-8-18-7-5-15-17-18/h3-5,7,9,16H,2,6,8,10,14H2,1H3. The van der Waals surface area contributed by atoms with Crippen LogP contribution in [0.3, 0.4) is 0 Å². The minimum Gasteiger partial charge on any atom is -0.326 e. The second-order valence-corrected chi connectivity index (χ2v) is 6.32. The molecule has 0 radical (unpaired) electrons. The Morgan fingerprint density at radius 1 is 1.33 bits per heavy atom. The fraction of sp³-hybridized carbons (Fsp3) is 0.385. The van der Waals surface area contributed by atoms with Gasteiger partial charge < -0.3 is 5.73 Å². The second kappa shape index (κ2) is 6.79. The first kappa shape index (κ1) is 15.6. The fourth-order valence-corrected chi connectivity index (χ4v) is 3.11. The van der Waals surface area contributed by atoms with Crippen molar-refractivity contribution in [3.8, 4) is 0 Å². The van der Waals surface area contributed by atoms with Crippen molar-refractivity contribution in [2.24, 2.45) is 5.73 Å². The topological polar surface area (TPSA) is 103 Å². The number of nitrogens with zero attached hydrogens (tertiary/aromatic N) is 3. The summed E-state index contributed by atoms with van der Waals surface area (Å²) in [5.41, 5.74) is 7.60. The van der Waals surface area contributed by atoms with Gasteiger partial charge in [0.2, 0.25) is 10.0 Å². The normalized spacial score (nSPS) is 11.7. The smallest absolute Gasteiger partial charge is 0.240 e. The summed E-state index contributed by atoms with van der Waals surface area (Å²) in [5.74, 6) is 0. The van der Waals surface area contributed by atoms with Crippen molar-refractivity contribution in [1.29, 1.82) is 0 Å². The Hall–Kier alpha value is -1.77. The summed E-state index contributed by atoms with van der Waals surface area (Å²) in [6.07, 6.45) is 4.05. The molecule has 7 nitrogen and oxygen atoms in total. The SMILES string of the molecule is CCc1ccc(S(=O)(=O)NCCn2ccnn2)cc1CN. The fourth-order valence-electron chi connectivity index (χ4n) is 2.03. The number of nitrogens with one attached hydrogen (secondary N) is 1. The number of nitrogens with two attached hydrogens (primary N) is 1. The molecular formula is C13H19N5O2S. The summed E-state index contributed by atoms with van der Waals surface area (Å²) < 4.78 is 28.6. The highest BCUT2D eigenvalue weighted by Crippen LogP contribution is 2.16. The van der Waals surface area contributed by atoms with Gasteiger partial charge in [0.1, 0.15) is 0 Å². The molecule has 0 amide bonds. The zero-order valence-corrected chi connectivity index (χ0v) is 12.7. The number of benzene rings is 1. The van der Waals surface area contributed by atoms with E-state index >= 15 is 0 Å².